The fourth-order valence-electron chi connectivity index (χ4n) is 4.59. The van der Waals surface area contributed by atoms with Gasteiger partial charge in [-0.05, 0) is 61.2 Å². The topological polar surface area (TPSA) is 94.5 Å². The first kappa shape index (κ1) is 27.6. The monoisotopic (exact) mass is 560 g/mol. The minimum atomic E-state index is 0.255. The van der Waals surface area contributed by atoms with Crippen molar-refractivity contribution in [2.45, 2.75) is 38.9 Å². The van der Waals surface area contributed by atoms with Crippen LogP contribution in [-0.2, 0) is 17.8 Å². The Labute approximate surface area is 239 Å². The molecule has 9 nitrogen and oxygen atoms in total. The zero-order valence-corrected chi connectivity index (χ0v) is 23.7. The molecule has 1 aliphatic heterocycles. The molecule has 40 heavy (non-hydrogen) atoms. The minimum Gasteiger partial charge on any atom is -0.497 e. The lowest BCUT2D eigenvalue weighted by Crippen LogP contribution is -2.28. The molecule has 10 heteroatoms. The first-order chi connectivity index (χ1) is 19.5. The summed E-state index contributed by atoms with van der Waals surface area (Å²) in [5.41, 5.74) is 2.93. The van der Waals surface area contributed by atoms with E-state index in [-0.39, 0.29) is 6.04 Å². The number of methoxy groups -OCH3 is 2. The molecule has 3 heterocycles. The standard InChI is InChI=1S/C30H33ClN6O3/c1-20-33-29(27-16-23(31)17-32-28(27)35-24-12-14-40-15-13-24)36-30(34-20)37(18-21-4-8-25(38-2)9-5-21)19-22-6-10-26(39-3)11-7-22/h4-11,16-17,24H,12-15,18-19H2,1-3H3,(H,32,35). The van der Waals surface area contributed by atoms with Crippen molar-refractivity contribution in [1.29, 1.82) is 0 Å². The number of anilines is 2. The van der Waals surface area contributed by atoms with Crippen LogP contribution in [0.5, 0.6) is 11.5 Å². The molecule has 0 unspecified atom stereocenters. The van der Waals surface area contributed by atoms with E-state index in [1.165, 1.54) is 0 Å². The maximum absolute atomic E-state index is 6.40. The van der Waals surface area contributed by atoms with E-state index in [2.05, 4.69) is 15.2 Å². The quantitative estimate of drug-likeness (QED) is 0.261. The molecule has 0 aliphatic carbocycles. The van der Waals surface area contributed by atoms with Gasteiger partial charge in [0.2, 0.25) is 5.95 Å². The number of halogens is 1. The molecule has 2 aromatic heterocycles. The summed E-state index contributed by atoms with van der Waals surface area (Å²) in [5.74, 6) is 3.99. The lowest BCUT2D eigenvalue weighted by Gasteiger charge is -2.25. The Morgan fingerprint density at radius 3 is 2.08 bits per heavy atom. The normalized spacial score (nSPS) is 13.6. The van der Waals surface area contributed by atoms with E-state index in [9.17, 15) is 0 Å². The molecule has 5 rings (SSSR count). The lowest BCUT2D eigenvalue weighted by molar-refractivity contribution is 0.0904. The molecule has 0 radical (unpaired) electrons. The molecule has 2 aromatic carbocycles. The van der Waals surface area contributed by atoms with Crippen molar-refractivity contribution in [2.24, 2.45) is 0 Å². The van der Waals surface area contributed by atoms with E-state index in [0.717, 1.165) is 54.2 Å². The fourth-order valence-corrected chi connectivity index (χ4v) is 4.75. The number of aromatic nitrogens is 4. The Bertz CT molecular complexity index is 1360. The van der Waals surface area contributed by atoms with Crippen molar-refractivity contribution in [3.05, 3.63) is 82.8 Å². The van der Waals surface area contributed by atoms with Crippen molar-refractivity contribution in [2.75, 3.05) is 37.7 Å². The van der Waals surface area contributed by atoms with E-state index >= 15 is 0 Å². The molecular weight excluding hydrogens is 528 g/mol. The number of nitrogens with one attached hydrogen (secondary N) is 1. The second kappa shape index (κ2) is 12.9. The van der Waals surface area contributed by atoms with Crippen LogP contribution in [0.2, 0.25) is 5.02 Å². The second-order valence-corrected chi connectivity index (χ2v) is 10.1. The van der Waals surface area contributed by atoms with Crippen LogP contribution in [-0.4, -0.2) is 53.4 Å². The molecular formula is C30H33ClN6O3. The van der Waals surface area contributed by atoms with Gasteiger partial charge >= 0.3 is 0 Å². The zero-order valence-electron chi connectivity index (χ0n) is 22.9. The van der Waals surface area contributed by atoms with E-state index in [4.69, 9.17) is 40.8 Å². The highest BCUT2D eigenvalue weighted by atomic mass is 35.5. The van der Waals surface area contributed by atoms with Crippen molar-refractivity contribution >= 4 is 23.4 Å². The average molecular weight is 561 g/mol. The molecule has 1 N–H and O–H groups in total. The summed E-state index contributed by atoms with van der Waals surface area (Å²) >= 11 is 6.40. The average Bonchev–Trinajstić information content (AvgIpc) is 2.98. The van der Waals surface area contributed by atoms with Gasteiger partial charge in [0, 0.05) is 38.5 Å². The fraction of sp³-hybridized carbons (Fsp3) is 0.333. The molecule has 0 bridgehead atoms. The van der Waals surface area contributed by atoms with Gasteiger partial charge in [-0.25, -0.2) is 9.97 Å². The number of nitrogens with zero attached hydrogens (tertiary/aromatic N) is 5. The van der Waals surface area contributed by atoms with Crippen molar-refractivity contribution in [3.8, 4) is 22.9 Å². The second-order valence-electron chi connectivity index (χ2n) is 9.64. The number of benzene rings is 2. The summed E-state index contributed by atoms with van der Waals surface area (Å²) < 4.78 is 16.2. The largest absolute Gasteiger partial charge is 0.497 e. The molecule has 4 aromatic rings. The van der Waals surface area contributed by atoms with Gasteiger partial charge in [-0.2, -0.15) is 9.97 Å². The number of ether oxygens (including phenoxy) is 3. The van der Waals surface area contributed by atoms with Gasteiger partial charge in [0.05, 0.1) is 24.8 Å². The number of hydrogen-bond acceptors (Lipinski definition) is 9. The zero-order chi connectivity index (χ0) is 27.9. The molecule has 0 amide bonds. The molecule has 1 aliphatic rings. The predicted octanol–water partition coefficient (Wildman–Crippen LogP) is 5.71. The smallest absolute Gasteiger partial charge is 0.229 e. The molecule has 1 saturated heterocycles. The van der Waals surface area contributed by atoms with E-state index in [1.807, 2.05) is 61.5 Å². The van der Waals surface area contributed by atoms with Crippen LogP contribution in [0.15, 0.2) is 60.8 Å². The van der Waals surface area contributed by atoms with Gasteiger partial charge in [-0.3, -0.25) is 0 Å². The lowest BCUT2D eigenvalue weighted by atomic mass is 10.1. The summed E-state index contributed by atoms with van der Waals surface area (Å²) in [6.45, 7) is 4.49. The summed E-state index contributed by atoms with van der Waals surface area (Å²) in [6.07, 6.45) is 3.45. The van der Waals surface area contributed by atoms with Gasteiger partial charge in [0.15, 0.2) is 5.82 Å². The van der Waals surface area contributed by atoms with E-state index in [0.29, 0.717) is 41.5 Å². The Balaban J connectivity index is 1.50. The first-order valence-corrected chi connectivity index (χ1v) is 13.6. The highest BCUT2D eigenvalue weighted by Crippen LogP contribution is 2.30. The molecule has 0 spiro atoms. The molecule has 208 valence electrons. The molecule has 0 atom stereocenters. The highest BCUT2D eigenvalue weighted by molar-refractivity contribution is 6.30. The van der Waals surface area contributed by atoms with Gasteiger partial charge in [-0.1, -0.05) is 35.9 Å². The van der Waals surface area contributed by atoms with E-state index in [1.54, 1.807) is 20.4 Å². The summed E-state index contributed by atoms with van der Waals surface area (Å²) in [7, 11) is 3.33. The van der Waals surface area contributed by atoms with Crippen LogP contribution in [0.3, 0.4) is 0 Å². The SMILES string of the molecule is COc1ccc(CN(Cc2ccc(OC)cc2)c2nc(C)nc(-c3cc(Cl)cnc3NC3CCOCC3)n2)cc1. The van der Waals surface area contributed by atoms with Crippen LogP contribution in [0.25, 0.3) is 11.4 Å². The number of rotatable bonds is 10. The van der Waals surface area contributed by atoms with Crippen LogP contribution in [0, 0.1) is 6.92 Å². The summed E-state index contributed by atoms with van der Waals surface area (Å²) in [5, 5.41) is 4.07. The maximum atomic E-state index is 6.40. The predicted molar refractivity (Wildman–Crippen MR) is 156 cm³/mol. The third-order valence-corrected chi connectivity index (χ3v) is 6.95. The van der Waals surface area contributed by atoms with Gasteiger partial charge < -0.3 is 24.4 Å². The first-order valence-electron chi connectivity index (χ1n) is 13.2. The molecule has 0 saturated carbocycles. The van der Waals surface area contributed by atoms with Crippen molar-refractivity contribution in [3.63, 3.8) is 0 Å². The number of pyridine rings is 1. The third kappa shape index (κ3) is 6.97. The van der Waals surface area contributed by atoms with Crippen LogP contribution < -0.4 is 19.7 Å². The summed E-state index contributed by atoms with van der Waals surface area (Å²) in [6, 6.07) is 18.1. The van der Waals surface area contributed by atoms with Crippen molar-refractivity contribution in [1.82, 2.24) is 19.9 Å². The van der Waals surface area contributed by atoms with Gasteiger partial charge in [0.25, 0.3) is 0 Å². The van der Waals surface area contributed by atoms with E-state index < -0.39 is 0 Å². The van der Waals surface area contributed by atoms with Crippen LogP contribution in [0.4, 0.5) is 11.8 Å². The van der Waals surface area contributed by atoms with Crippen LogP contribution in [0.1, 0.15) is 29.8 Å². The highest BCUT2D eigenvalue weighted by Gasteiger charge is 2.20. The Morgan fingerprint density at radius 1 is 0.900 bits per heavy atom. The Morgan fingerprint density at radius 2 is 1.50 bits per heavy atom. The Kier molecular flexibility index (Phi) is 8.93. The molecule has 1 fully saturated rings. The number of aryl methyl sites for hydroxylation is 1. The van der Waals surface area contributed by atoms with Gasteiger partial charge in [-0.15, -0.1) is 0 Å². The third-order valence-electron chi connectivity index (χ3n) is 6.74. The minimum absolute atomic E-state index is 0.255. The summed E-state index contributed by atoms with van der Waals surface area (Å²) in [4.78, 5) is 21.1. The van der Waals surface area contributed by atoms with Gasteiger partial charge in [0.1, 0.15) is 23.1 Å². The number of hydrogen-bond donors (Lipinski definition) is 1. The van der Waals surface area contributed by atoms with Crippen LogP contribution >= 0.6 is 11.6 Å². The van der Waals surface area contributed by atoms with Crippen molar-refractivity contribution < 1.29 is 14.2 Å². The maximum Gasteiger partial charge on any atom is 0.229 e. The Hall–Kier alpha value is -3.95.